The average Bonchev–Trinajstić information content (AvgIpc) is 3.00. The summed E-state index contributed by atoms with van der Waals surface area (Å²) in [4.78, 5) is 34.1. The molecule has 1 unspecified atom stereocenters. The summed E-state index contributed by atoms with van der Waals surface area (Å²) >= 11 is 3.60. The molecule has 5 aromatic rings. The number of methoxy groups -OCH3 is 2. The lowest BCUT2D eigenvalue weighted by Crippen LogP contribution is -2.35. The molecule has 0 spiro atoms. The molecule has 1 heterocycles. The zero-order valence-electron chi connectivity index (χ0n) is 22.6. The molecule has 0 saturated heterocycles. The number of carbonyl (C=O) groups excluding carboxylic acids is 1. The standard InChI is InChI=1S/C32H28BrN3O4/c1-20(35(2)31(37)23-16-14-22(15-17-23)21-10-6-5-7-11-21)30-34-26-13-9-8-12-25(26)32(38)36(30)27-18-24(39-3)19-28(40-4)29(27)33/h5-20H,1-4H3. The van der Waals surface area contributed by atoms with Crippen molar-refractivity contribution in [1.82, 2.24) is 14.5 Å². The molecular weight excluding hydrogens is 570 g/mol. The maximum Gasteiger partial charge on any atom is 0.266 e. The van der Waals surface area contributed by atoms with Crippen LogP contribution in [0.5, 0.6) is 11.5 Å². The first-order valence-electron chi connectivity index (χ1n) is 12.7. The van der Waals surface area contributed by atoms with E-state index in [-0.39, 0.29) is 11.5 Å². The summed E-state index contributed by atoms with van der Waals surface area (Å²) < 4.78 is 13.1. The molecule has 0 saturated carbocycles. The highest BCUT2D eigenvalue weighted by Crippen LogP contribution is 2.37. The van der Waals surface area contributed by atoms with Crippen LogP contribution in [-0.2, 0) is 0 Å². The van der Waals surface area contributed by atoms with Gasteiger partial charge in [0.05, 0.1) is 41.3 Å². The highest BCUT2D eigenvalue weighted by molar-refractivity contribution is 9.10. The van der Waals surface area contributed by atoms with Gasteiger partial charge in [0.1, 0.15) is 17.3 Å². The van der Waals surface area contributed by atoms with Crippen molar-refractivity contribution < 1.29 is 14.3 Å². The van der Waals surface area contributed by atoms with Crippen LogP contribution in [0.3, 0.4) is 0 Å². The number of halogens is 1. The molecule has 40 heavy (non-hydrogen) atoms. The van der Waals surface area contributed by atoms with Crippen LogP contribution in [0.1, 0.15) is 29.1 Å². The first-order chi connectivity index (χ1) is 19.3. The fraction of sp³-hybridized carbons (Fsp3) is 0.156. The van der Waals surface area contributed by atoms with Gasteiger partial charge >= 0.3 is 0 Å². The summed E-state index contributed by atoms with van der Waals surface area (Å²) in [6.07, 6.45) is 0. The quantitative estimate of drug-likeness (QED) is 0.209. The molecule has 0 aliphatic heterocycles. The Labute approximate surface area is 240 Å². The first-order valence-corrected chi connectivity index (χ1v) is 13.5. The normalized spacial score (nSPS) is 11.7. The first kappa shape index (κ1) is 27.1. The van der Waals surface area contributed by atoms with Gasteiger partial charge in [-0.25, -0.2) is 4.98 Å². The van der Waals surface area contributed by atoms with Crippen molar-refractivity contribution in [3.63, 3.8) is 0 Å². The van der Waals surface area contributed by atoms with Gasteiger partial charge in [-0.3, -0.25) is 14.2 Å². The Bertz CT molecular complexity index is 1750. The van der Waals surface area contributed by atoms with Crippen LogP contribution in [0.2, 0.25) is 0 Å². The smallest absolute Gasteiger partial charge is 0.266 e. The van der Waals surface area contributed by atoms with E-state index < -0.39 is 6.04 Å². The van der Waals surface area contributed by atoms with Gasteiger partial charge in [0, 0.05) is 24.7 Å². The number of hydrogen-bond acceptors (Lipinski definition) is 5. The van der Waals surface area contributed by atoms with Crippen LogP contribution in [0.15, 0.2) is 100 Å². The zero-order chi connectivity index (χ0) is 28.4. The molecule has 1 atom stereocenters. The van der Waals surface area contributed by atoms with Gasteiger partial charge in [0.2, 0.25) is 0 Å². The minimum absolute atomic E-state index is 0.191. The molecule has 4 aromatic carbocycles. The fourth-order valence-corrected chi connectivity index (χ4v) is 5.21. The van der Waals surface area contributed by atoms with E-state index in [9.17, 15) is 9.59 Å². The van der Waals surface area contributed by atoms with Gasteiger partial charge in [0.25, 0.3) is 11.5 Å². The number of hydrogen-bond donors (Lipinski definition) is 0. The van der Waals surface area contributed by atoms with Gasteiger partial charge < -0.3 is 14.4 Å². The molecule has 202 valence electrons. The SMILES string of the molecule is COc1cc(OC)c(Br)c(-n2c(C(C)N(C)C(=O)c3ccc(-c4ccccc4)cc3)nc3ccccc3c2=O)c1. The van der Waals surface area contributed by atoms with Crippen molar-refractivity contribution in [3.8, 4) is 28.3 Å². The molecule has 0 aliphatic carbocycles. The predicted octanol–water partition coefficient (Wildman–Crippen LogP) is 6.67. The van der Waals surface area contributed by atoms with Crippen LogP contribution >= 0.6 is 15.9 Å². The lowest BCUT2D eigenvalue weighted by molar-refractivity contribution is 0.0735. The zero-order valence-corrected chi connectivity index (χ0v) is 24.2. The maximum atomic E-state index is 14.0. The Morgan fingerprint density at radius 2 is 1.55 bits per heavy atom. The second kappa shape index (κ2) is 11.4. The summed E-state index contributed by atoms with van der Waals surface area (Å²) in [5.74, 6) is 1.22. The minimum Gasteiger partial charge on any atom is -0.497 e. The highest BCUT2D eigenvalue weighted by Gasteiger charge is 2.26. The van der Waals surface area contributed by atoms with E-state index in [1.165, 1.54) is 4.57 Å². The second-order valence-electron chi connectivity index (χ2n) is 9.33. The van der Waals surface area contributed by atoms with E-state index in [4.69, 9.17) is 14.5 Å². The minimum atomic E-state index is -0.567. The van der Waals surface area contributed by atoms with E-state index >= 15 is 0 Å². The highest BCUT2D eigenvalue weighted by atomic mass is 79.9. The summed E-state index contributed by atoms with van der Waals surface area (Å²) in [7, 11) is 4.81. The Morgan fingerprint density at radius 3 is 2.23 bits per heavy atom. The van der Waals surface area contributed by atoms with Gasteiger partial charge in [-0.2, -0.15) is 0 Å². The summed E-state index contributed by atoms with van der Waals surface area (Å²) in [5, 5.41) is 0.456. The lowest BCUT2D eigenvalue weighted by atomic mass is 10.0. The number of nitrogens with zero attached hydrogens (tertiary/aromatic N) is 3. The number of para-hydroxylation sites is 1. The molecule has 0 N–H and O–H groups in total. The molecule has 0 fully saturated rings. The Kier molecular flexibility index (Phi) is 7.71. The molecule has 8 heteroatoms. The third kappa shape index (κ3) is 4.98. The Hall–Kier alpha value is -4.43. The van der Waals surface area contributed by atoms with E-state index in [2.05, 4.69) is 15.9 Å². The van der Waals surface area contributed by atoms with Gasteiger partial charge in [-0.05, 0) is 58.2 Å². The molecular formula is C32H28BrN3O4. The van der Waals surface area contributed by atoms with E-state index in [0.717, 1.165) is 11.1 Å². The number of carbonyl (C=O) groups is 1. The maximum absolute atomic E-state index is 14.0. The van der Waals surface area contributed by atoms with E-state index in [1.54, 1.807) is 56.5 Å². The topological polar surface area (TPSA) is 73.7 Å². The molecule has 7 nitrogen and oxygen atoms in total. The largest absolute Gasteiger partial charge is 0.497 e. The average molecular weight is 598 g/mol. The summed E-state index contributed by atoms with van der Waals surface area (Å²) in [5.41, 5.74) is 3.41. The van der Waals surface area contributed by atoms with Crippen molar-refractivity contribution in [1.29, 1.82) is 0 Å². The van der Waals surface area contributed by atoms with Crippen LogP contribution in [-0.4, -0.2) is 41.6 Å². The monoisotopic (exact) mass is 597 g/mol. The molecule has 0 bridgehead atoms. The van der Waals surface area contributed by atoms with Crippen molar-refractivity contribution in [2.45, 2.75) is 13.0 Å². The molecule has 1 amide bonds. The number of fused-ring (bicyclic) bond motifs is 1. The summed E-state index contributed by atoms with van der Waals surface area (Å²) in [6, 6.07) is 27.6. The Morgan fingerprint density at radius 1 is 0.900 bits per heavy atom. The van der Waals surface area contributed by atoms with Crippen LogP contribution < -0.4 is 15.0 Å². The molecule has 5 rings (SSSR count). The molecule has 0 aliphatic rings. The fourth-order valence-electron chi connectivity index (χ4n) is 4.64. The molecule has 0 radical (unpaired) electrons. The van der Waals surface area contributed by atoms with Crippen molar-refractivity contribution in [3.05, 3.63) is 117 Å². The summed E-state index contributed by atoms with van der Waals surface area (Å²) in [6.45, 7) is 1.86. The third-order valence-electron chi connectivity index (χ3n) is 7.01. The van der Waals surface area contributed by atoms with Crippen LogP contribution in [0.4, 0.5) is 0 Å². The van der Waals surface area contributed by atoms with E-state index in [1.807, 2.05) is 67.6 Å². The van der Waals surface area contributed by atoms with E-state index in [0.29, 0.717) is 43.9 Å². The van der Waals surface area contributed by atoms with Crippen LogP contribution in [0, 0.1) is 0 Å². The van der Waals surface area contributed by atoms with Crippen molar-refractivity contribution >= 4 is 32.7 Å². The second-order valence-corrected chi connectivity index (χ2v) is 10.1. The van der Waals surface area contributed by atoms with Gasteiger partial charge in [0.15, 0.2) is 0 Å². The lowest BCUT2D eigenvalue weighted by Gasteiger charge is -2.27. The van der Waals surface area contributed by atoms with Crippen molar-refractivity contribution in [2.24, 2.45) is 0 Å². The number of ether oxygens (including phenoxy) is 2. The number of rotatable bonds is 7. The predicted molar refractivity (Wildman–Crippen MR) is 161 cm³/mol. The van der Waals surface area contributed by atoms with Gasteiger partial charge in [-0.1, -0.05) is 54.6 Å². The Balaban J connectivity index is 1.60. The number of benzene rings is 4. The number of amides is 1. The molecule has 1 aromatic heterocycles. The number of aromatic nitrogens is 2. The van der Waals surface area contributed by atoms with Gasteiger partial charge in [-0.15, -0.1) is 0 Å². The third-order valence-corrected chi connectivity index (χ3v) is 7.80. The van der Waals surface area contributed by atoms with Crippen LogP contribution in [0.25, 0.3) is 27.7 Å². The van der Waals surface area contributed by atoms with Crippen molar-refractivity contribution in [2.75, 3.05) is 21.3 Å².